The van der Waals surface area contributed by atoms with Crippen molar-refractivity contribution in [2.75, 3.05) is 13.6 Å². The van der Waals surface area contributed by atoms with Gasteiger partial charge in [-0.05, 0) is 30.2 Å². The third-order valence-corrected chi connectivity index (χ3v) is 3.58. The fourth-order valence-corrected chi connectivity index (χ4v) is 2.18. The molecule has 1 aromatic carbocycles. The fraction of sp³-hybridized carbons (Fsp3) is 0.550. The molecule has 0 aliphatic heterocycles. The lowest BCUT2D eigenvalue weighted by Crippen LogP contribution is -2.31. The van der Waals surface area contributed by atoms with Crippen molar-refractivity contribution >= 4 is 18.2 Å². The molecule has 0 saturated carbocycles. The van der Waals surface area contributed by atoms with Gasteiger partial charge in [0.25, 0.3) is 0 Å². The second-order valence-corrected chi connectivity index (χ2v) is 7.26. The van der Waals surface area contributed by atoms with Gasteiger partial charge in [0.1, 0.15) is 12.6 Å². The Hall–Kier alpha value is -2.37. The molecule has 0 heterocycles. The van der Waals surface area contributed by atoms with Crippen molar-refractivity contribution in [1.82, 2.24) is 10.6 Å². The predicted octanol–water partition coefficient (Wildman–Crippen LogP) is 3.31. The Balaban J connectivity index is 2.25. The fourth-order valence-electron chi connectivity index (χ4n) is 2.18. The zero-order valence-electron chi connectivity index (χ0n) is 16.2. The Morgan fingerprint density at radius 3 is 2.50 bits per heavy atom. The molecule has 0 radical (unpaired) electrons. The van der Waals surface area contributed by atoms with Gasteiger partial charge in [0, 0.05) is 19.8 Å². The summed E-state index contributed by atoms with van der Waals surface area (Å²) in [6.07, 6.45) is 3.60. The van der Waals surface area contributed by atoms with Crippen LogP contribution in [0, 0.1) is 5.41 Å². The van der Waals surface area contributed by atoms with Crippen LogP contribution >= 0.6 is 0 Å². The standard InChI is InChI=1S/C20H31N3O3/c1-20(2,3)15-23-17(18(24)21-4)12-8-9-13-22-19(25)26-14-16-10-6-5-7-11-16/h5-7,10-11,15,17H,8-9,12-14H2,1-4H3,(H,21,24)(H,22,25)/t17-/m0/s1. The lowest BCUT2D eigenvalue weighted by atomic mass is 9.98. The zero-order chi connectivity index (χ0) is 19.4. The first-order valence-corrected chi connectivity index (χ1v) is 9.02. The average molecular weight is 361 g/mol. The van der Waals surface area contributed by atoms with Crippen LogP contribution in [-0.2, 0) is 16.1 Å². The van der Waals surface area contributed by atoms with Crippen LogP contribution in [0.2, 0.25) is 0 Å². The number of alkyl carbamates (subject to hydrolysis) is 1. The summed E-state index contributed by atoms with van der Waals surface area (Å²) in [6, 6.07) is 9.16. The van der Waals surface area contributed by atoms with Crippen LogP contribution in [0.5, 0.6) is 0 Å². The number of hydrogen-bond donors (Lipinski definition) is 2. The van der Waals surface area contributed by atoms with Crippen molar-refractivity contribution in [1.29, 1.82) is 0 Å². The van der Waals surface area contributed by atoms with Crippen molar-refractivity contribution in [2.45, 2.75) is 52.7 Å². The molecule has 1 rings (SSSR count). The maximum Gasteiger partial charge on any atom is 0.407 e. The van der Waals surface area contributed by atoms with Gasteiger partial charge in [-0.1, -0.05) is 51.1 Å². The van der Waals surface area contributed by atoms with Crippen molar-refractivity contribution in [3.05, 3.63) is 35.9 Å². The lowest BCUT2D eigenvalue weighted by molar-refractivity contribution is -0.121. The topological polar surface area (TPSA) is 79.8 Å². The van der Waals surface area contributed by atoms with Gasteiger partial charge in [-0.2, -0.15) is 0 Å². The highest BCUT2D eigenvalue weighted by Gasteiger charge is 2.16. The molecule has 0 saturated heterocycles. The minimum absolute atomic E-state index is 0.0592. The molecule has 0 fully saturated rings. The molecule has 0 spiro atoms. The van der Waals surface area contributed by atoms with Gasteiger partial charge in [-0.15, -0.1) is 0 Å². The highest BCUT2D eigenvalue weighted by Crippen LogP contribution is 2.12. The minimum Gasteiger partial charge on any atom is -0.445 e. The van der Waals surface area contributed by atoms with E-state index < -0.39 is 6.09 Å². The highest BCUT2D eigenvalue weighted by molar-refractivity contribution is 5.83. The number of hydrogen-bond acceptors (Lipinski definition) is 4. The van der Waals surface area contributed by atoms with E-state index in [2.05, 4.69) is 15.6 Å². The normalized spacial score (nSPS) is 12.6. The molecule has 2 N–H and O–H groups in total. The summed E-state index contributed by atoms with van der Waals surface area (Å²) >= 11 is 0. The summed E-state index contributed by atoms with van der Waals surface area (Å²) in [5.74, 6) is -0.0827. The maximum absolute atomic E-state index is 11.9. The highest BCUT2D eigenvalue weighted by atomic mass is 16.5. The molecule has 0 aromatic heterocycles. The third kappa shape index (κ3) is 9.81. The van der Waals surface area contributed by atoms with Crippen LogP contribution in [0.3, 0.4) is 0 Å². The molecule has 144 valence electrons. The van der Waals surface area contributed by atoms with Crippen LogP contribution in [0.1, 0.15) is 45.6 Å². The molecule has 0 aliphatic rings. The Morgan fingerprint density at radius 1 is 1.19 bits per heavy atom. The van der Waals surface area contributed by atoms with E-state index in [0.29, 0.717) is 13.0 Å². The number of nitrogens with zero attached hydrogens (tertiary/aromatic N) is 1. The molecule has 1 atom stereocenters. The third-order valence-electron chi connectivity index (χ3n) is 3.58. The lowest BCUT2D eigenvalue weighted by Gasteiger charge is -2.15. The molecule has 1 aromatic rings. The van der Waals surface area contributed by atoms with Crippen LogP contribution in [0.4, 0.5) is 4.79 Å². The Kier molecular flexibility index (Phi) is 9.41. The Morgan fingerprint density at radius 2 is 1.88 bits per heavy atom. The van der Waals surface area contributed by atoms with Crippen LogP contribution < -0.4 is 10.6 Å². The molecular formula is C20H31N3O3. The van der Waals surface area contributed by atoms with E-state index in [1.807, 2.05) is 57.3 Å². The van der Waals surface area contributed by atoms with E-state index in [4.69, 9.17) is 4.74 Å². The summed E-state index contributed by atoms with van der Waals surface area (Å²) < 4.78 is 5.15. The first kappa shape index (κ1) is 21.7. The van der Waals surface area contributed by atoms with Gasteiger partial charge >= 0.3 is 6.09 Å². The van der Waals surface area contributed by atoms with Crippen LogP contribution in [-0.4, -0.2) is 37.8 Å². The number of benzene rings is 1. The predicted molar refractivity (Wildman–Crippen MR) is 104 cm³/mol. The number of rotatable bonds is 9. The number of carbonyl (C=O) groups excluding carboxylic acids is 2. The Labute approximate surface area is 156 Å². The molecule has 6 nitrogen and oxygen atoms in total. The molecule has 2 amide bonds. The quantitative estimate of drug-likeness (QED) is 0.523. The zero-order valence-corrected chi connectivity index (χ0v) is 16.2. The van der Waals surface area contributed by atoms with Crippen LogP contribution in [0.15, 0.2) is 35.3 Å². The number of nitrogens with one attached hydrogen (secondary N) is 2. The number of aliphatic imine (C=N–C) groups is 1. The summed E-state index contributed by atoms with van der Waals surface area (Å²) in [4.78, 5) is 28.0. The number of carbonyl (C=O) groups is 2. The van der Waals surface area contributed by atoms with E-state index in [-0.39, 0.29) is 24.0 Å². The van der Waals surface area contributed by atoms with Crippen molar-refractivity contribution in [3.8, 4) is 0 Å². The SMILES string of the molecule is CNC(=O)[C@H](CCCCNC(=O)OCc1ccccc1)N=CC(C)(C)C. The van der Waals surface area contributed by atoms with Crippen molar-refractivity contribution in [2.24, 2.45) is 10.4 Å². The number of likely N-dealkylation sites (N-methyl/N-ethyl adjacent to an activating group) is 1. The van der Waals surface area contributed by atoms with Crippen molar-refractivity contribution < 1.29 is 14.3 Å². The number of unbranched alkanes of at least 4 members (excludes halogenated alkanes) is 1. The van der Waals surface area contributed by atoms with Crippen molar-refractivity contribution in [3.63, 3.8) is 0 Å². The summed E-state index contributed by atoms with van der Waals surface area (Å²) in [5, 5.41) is 5.38. The maximum atomic E-state index is 11.9. The van der Waals surface area contributed by atoms with E-state index in [1.54, 1.807) is 7.05 Å². The smallest absolute Gasteiger partial charge is 0.407 e. The van der Waals surface area contributed by atoms with Gasteiger partial charge in [-0.25, -0.2) is 4.79 Å². The second kappa shape index (κ2) is 11.3. The Bertz CT molecular complexity index is 580. The number of ether oxygens (including phenoxy) is 1. The van der Waals surface area contributed by atoms with Gasteiger partial charge in [0.15, 0.2) is 0 Å². The summed E-state index contributed by atoms with van der Waals surface area (Å²) in [7, 11) is 1.62. The van der Waals surface area contributed by atoms with E-state index in [0.717, 1.165) is 18.4 Å². The van der Waals surface area contributed by atoms with Gasteiger partial charge in [-0.3, -0.25) is 9.79 Å². The molecule has 26 heavy (non-hydrogen) atoms. The first-order chi connectivity index (χ1) is 12.3. The average Bonchev–Trinajstić information content (AvgIpc) is 2.61. The molecule has 0 bridgehead atoms. The van der Waals surface area contributed by atoms with E-state index in [9.17, 15) is 9.59 Å². The monoisotopic (exact) mass is 361 g/mol. The largest absolute Gasteiger partial charge is 0.445 e. The van der Waals surface area contributed by atoms with E-state index >= 15 is 0 Å². The summed E-state index contributed by atoms with van der Waals surface area (Å²) in [6.45, 7) is 6.90. The molecular weight excluding hydrogens is 330 g/mol. The minimum atomic E-state index is -0.428. The number of amides is 2. The molecule has 6 heteroatoms. The van der Waals surface area contributed by atoms with Gasteiger partial charge < -0.3 is 15.4 Å². The van der Waals surface area contributed by atoms with Crippen LogP contribution in [0.25, 0.3) is 0 Å². The first-order valence-electron chi connectivity index (χ1n) is 9.02. The van der Waals surface area contributed by atoms with E-state index in [1.165, 1.54) is 0 Å². The summed E-state index contributed by atoms with van der Waals surface area (Å²) in [5.41, 5.74) is 0.892. The molecule has 0 unspecified atom stereocenters. The molecule has 0 aliphatic carbocycles. The van der Waals surface area contributed by atoms with Gasteiger partial charge in [0.2, 0.25) is 5.91 Å². The second-order valence-electron chi connectivity index (χ2n) is 7.26. The van der Waals surface area contributed by atoms with Gasteiger partial charge in [0.05, 0.1) is 0 Å².